The summed E-state index contributed by atoms with van der Waals surface area (Å²) in [6.45, 7) is 0.612. The number of imidazole rings is 1. The smallest absolute Gasteiger partial charge is 0.195 e. The van der Waals surface area contributed by atoms with Crippen LogP contribution in [0.25, 0.3) is 5.69 Å². The number of aliphatic imine (C=N–C) groups is 1. The highest BCUT2D eigenvalue weighted by Crippen LogP contribution is 2.29. The molecule has 0 radical (unpaired) electrons. The molecule has 0 saturated carbocycles. The van der Waals surface area contributed by atoms with Crippen LogP contribution < -0.4 is 20.1 Å². The van der Waals surface area contributed by atoms with Crippen LogP contribution in [-0.2, 0) is 6.54 Å². The van der Waals surface area contributed by atoms with Gasteiger partial charge in [-0.3, -0.25) is 4.99 Å². The van der Waals surface area contributed by atoms with Gasteiger partial charge in [0.15, 0.2) is 17.5 Å². The Balaban J connectivity index is 0.00000280. The highest BCUT2D eigenvalue weighted by atomic mass is 127. The molecule has 7 nitrogen and oxygen atoms in total. The van der Waals surface area contributed by atoms with E-state index >= 15 is 0 Å². The number of hydrogen-bond acceptors (Lipinski definition) is 4. The Morgan fingerprint density at radius 2 is 1.89 bits per heavy atom. The van der Waals surface area contributed by atoms with E-state index in [9.17, 15) is 0 Å². The van der Waals surface area contributed by atoms with Crippen molar-refractivity contribution in [2.45, 2.75) is 6.54 Å². The predicted octanol–water partition coefficient (Wildman–Crippen LogP) is 3.70. The van der Waals surface area contributed by atoms with E-state index in [0.29, 0.717) is 24.0 Å². The Bertz CT molecular complexity index is 913. The minimum atomic E-state index is 0. The molecule has 1 heterocycles. The molecule has 0 aliphatic heterocycles. The number of ether oxygens (including phenoxy) is 2. The van der Waals surface area contributed by atoms with Gasteiger partial charge in [0.2, 0.25) is 0 Å². The van der Waals surface area contributed by atoms with Gasteiger partial charge in [0.25, 0.3) is 0 Å². The number of para-hydroxylation sites is 1. The van der Waals surface area contributed by atoms with Crippen molar-refractivity contribution in [3.63, 3.8) is 0 Å². The van der Waals surface area contributed by atoms with Gasteiger partial charge in [-0.15, -0.1) is 24.0 Å². The molecule has 2 N–H and O–H groups in total. The molecular weight excluding hydrogens is 469 g/mol. The molecule has 0 spiro atoms. The van der Waals surface area contributed by atoms with Gasteiger partial charge in [-0.1, -0.05) is 18.2 Å². The standard InChI is InChI=1S/C20H23N5O2.HI/c1-21-20(24-16-8-9-18(26-2)19(12-16)27-3)23-13-15-6-4-5-7-17(15)25-11-10-22-14-25;/h4-12,14H,13H2,1-3H3,(H2,21,23,24);1H. The van der Waals surface area contributed by atoms with Crippen molar-refractivity contribution >= 4 is 35.6 Å². The number of nitrogens with zero attached hydrogens (tertiary/aromatic N) is 3. The van der Waals surface area contributed by atoms with Crippen LogP contribution in [0.15, 0.2) is 66.2 Å². The van der Waals surface area contributed by atoms with Crippen LogP contribution >= 0.6 is 24.0 Å². The Hall–Kier alpha value is -2.75. The van der Waals surface area contributed by atoms with Crippen LogP contribution in [0.5, 0.6) is 11.5 Å². The second-order valence-electron chi connectivity index (χ2n) is 5.72. The number of guanidine groups is 1. The molecule has 8 heteroatoms. The fourth-order valence-electron chi connectivity index (χ4n) is 2.72. The largest absolute Gasteiger partial charge is 0.493 e. The first-order valence-electron chi connectivity index (χ1n) is 8.51. The molecule has 0 aliphatic carbocycles. The van der Waals surface area contributed by atoms with Gasteiger partial charge in [-0.2, -0.15) is 0 Å². The van der Waals surface area contributed by atoms with E-state index < -0.39 is 0 Å². The summed E-state index contributed by atoms with van der Waals surface area (Å²) in [5.74, 6) is 1.99. The molecule has 0 unspecified atom stereocenters. The van der Waals surface area contributed by atoms with Crippen LogP contribution in [0.3, 0.4) is 0 Å². The number of nitrogens with one attached hydrogen (secondary N) is 2. The third-order valence-corrected chi connectivity index (χ3v) is 4.09. The number of halogens is 1. The topological polar surface area (TPSA) is 72.7 Å². The molecule has 2 aromatic carbocycles. The van der Waals surface area contributed by atoms with E-state index in [0.717, 1.165) is 16.9 Å². The first kappa shape index (κ1) is 21.5. The Morgan fingerprint density at radius 3 is 2.57 bits per heavy atom. The lowest BCUT2D eigenvalue weighted by atomic mass is 10.1. The fraction of sp³-hybridized carbons (Fsp3) is 0.200. The molecule has 0 bridgehead atoms. The summed E-state index contributed by atoms with van der Waals surface area (Å²) in [5.41, 5.74) is 3.05. The van der Waals surface area contributed by atoms with Gasteiger partial charge in [0.05, 0.1) is 26.2 Å². The first-order chi connectivity index (χ1) is 13.2. The lowest BCUT2D eigenvalue weighted by Crippen LogP contribution is -2.30. The van der Waals surface area contributed by atoms with Gasteiger partial charge in [-0.25, -0.2) is 4.98 Å². The molecule has 1 aromatic heterocycles. The summed E-state index contributed by atoms with van der Waals surface area (Å²) in [6, 6.07) is 13.8. The minimum Gasteiger partial charge on any atom is -0.493 e. The van der Waals surface area contributed by atoms with Crippen LogP contribution in [0.1, 0.15) is 5.56 Å². The van der Waals surface area contributed by atoms with Gasteiger partial charge >= 0.3 is 0 Å². The molecule has 28 heavy (non-hydrogen) atoms. The van der Waals surface area contributed by atoms with E-state index in [-0.39, 0.29) is 24.0 Å². The Labute approximate surface area is 181 Å². The number of methoxy groups -OCH3 is 2. The van der Waals surface area contributed by atoms with Gasteiger partial charge in [0, 0.05) is 37.7 Å². The number of hydrogen-bond donors (Lipinski definition) is 2. The Kier molecular flexibility index (Phi) is 8.12. The minimum absolute atomic E-state index is 0. The summed E-state index contributed by atoms with van der Waals surface area (Å²) in [7, 11) is 4.96. The lowest BCUT2D eigenvalue weighted by molar-refractivity contribution is 0.355. The SMILES string of the molecule is CN=C(NCc1ccccc1-n1ccnc1)Nc1ccc(OC)c(OC)c1.I. The van der Waals surface area contributed by atoms with E-state index in [4.69, 9.17) is 9.47 Å². The van der Waals surface area contributed by atoms with E-state index in [1.165, 1.54) is 0 Å². The highest BCUT2D eigenvalue weighted by molar-refractivity contribution is 14.0. The number of benzene rings is 2. The maximum atomic E-state index is 5.34. The highest BCUT2D eigenvalue weighted by Gasteiger charge is 2.08. The van der Waals surface area contributed by atoms with Crippen molar-refractivity contribution in [1.29, 1.82) is 0 Å². The second kappa shape index (κ2) is 10.5. The van der Waals surface area contributed by atoms with Gasteiger partial charge in [0.1, 0.15) is 0 Å². The molecule has 3 aromatic rings. The molecule has 0 aliphatic rings. The van der Waals surface area contributed by atoms with Crippen molar-refractivity contribution in [1.82, 2.24) is 14.9 Å². The molecule has 148 valence electrons. The van der Waals surface area contributed by atoms with E-state index in [1.54, 1.807) is 33.8 Å². The van der Waals surface area contributed by atoms with E-state index in [2.05, 4.69) is 32.7 Å². The summed E-state index contributed by atoms with van der Waals surface area (Å²) in [4.78, 5) is 8.41. The number of anilines is 1. The van der Waals surface area contributed by atoms with Crippen LogP contribution in [0.2, 0.25) is 0 Å². The number of rotatable bonds is 6. The number of aromatic nitrogens is 2. The second-order valence-corrected chi connectivity index (χ2v) is 5.72. The molecule has 3 rings (SSSR count). The monoisotopic (exact) mass is 493 g/mol. The summed E-state index contributed by atoms with van der Waals surface area (Å²) >= 11 is 0. The summed E-state index contributed by atoms with van der Waals surface area (Å²) < 4.78 is 12.6. The third kappa shape index (κ3) is 5.16. The van der Waals surface area contributed by atoms with E-state index in [1.807, 2.05) is 41.1 Å². The maximum Gasteiger partial charge on any atom is 0.195 e. The molecule has 0 saturated heterocycles. The molecular formula is C20H24IN5O2. The average molecular weight is 493 g/mol. The molecule has 0 fully saturated rings. The maximum absolute atomic E-state index is 5.34. The summed E-state index contributed by atoms with van der Waals surface area (Å²) in [5, 5.41) is 6.60. The van der Waals surface area contributed by atoms with Crippen molar-refractivity contribution in [2.75, 3.05) is 26.6 Å². The fourth-order valence-corrected chi connectivity index (χ4v) is 2.72. The quantitative estimate of drug-likeness (QED) is 0.312. The predicted molar refractivity (Wildman–Crippen MR) is 122 cm³/mol. The van der Waals surface area contributed by atoms with Crippen molar-refractivity contribution < 1.29 is 9.47 Å². The van der Waals surface area contributed by atoms with Crippen LogP contribution in [0.4, 0.5) is 5.69 Å². The summed E-state index contributed by atoms with van der Waals surface area (Å²) in [6.07, 6.45) is 5.48. The Morgan fingerprint density at radius 1 is 1.11 bits per heavy atom. The normalized spacial score (nSPS) is 10.8. The third-order valence-electron chi connectivity index (χ3n) is 4.09. The van der Waals surface area contributed by atoms with Gasteiger partial charge in [-0.05, 0) is 23.8 Å². The first-order valence-corrected chi connectivity index (χ1v) is 8.51. The van der Waals surface area contributed by atoms with Crippen molar-refractivity contribution in [3.05, 3.63) is 66.7 Å². The van der Waals surface area contributed by atoms with Crippen molar-refractivity contribution in [2.24, 2.45) is 4.99 Å². The zero-order valence-corrected chi connectivity index (χ0v) is 18.4. The zero-order valence-electron chi connectivity index (χ0n) is 16.0. The van der Waals surface area contributed by atoms with Gasteiger partial charge < -0.3 is 24.7 Å². The molecule has 0 amide bonds. The molecule has 0 atom stereocenters. The van der Waals surface area contributed by atoms with Crippen LogP contribution in [-0.4, -0.2) is 36.8 Å². The van der Waals surface area contributed by atoms with Crippen molar-refractivity contribution in [3.8, 4) is 17.2 Å². The van der Waals surface area contributed by atoms with Crippen LogP contribution in [0, 0.1) is 0 Å². The zero-order chi connectivity index (χ0) is 19.1. The lowest BCUT2D eigenvalue weighted by Gasteiger charge is -2.15. The average Bonchev–Trinajstić information content (AvgIpc) is 3.25.